The van der Waals surface area contributed by atoms with E-state index < -0.39 is 12.1 Å². The largest absolute Gasteiger partial charge is 0.391 e. The molecule has 2 nitrogen and oxygen atoms in total. The number of aromatic nitrogens is 1. The molecule has 1 N–H and O–H groups in total. The molecule has 5 heteroatoms. The van der Waals surface area contributed by atoms with E-state index in [1.807, 2.05) is 32.2 Å². The van der Waals surface area contributed by atoms with Crippen LogP contribution in [0.3, 0.4) is 0 Å². The summed E-state index contributed by atoms with van der Waals surface area (Å²) in [6, 6.07) is 5.75. The van der Waals surface area contributed by atoms with E-state index in [1.54, 1.807) is 6.20 Å². The highest BCUT2D eigenvalue weighted by molar-refractivity contribution is 5.12. The Morgan fingerprint density at radius 2 is 2.05 bits per heavy atom. The summed E-state index contributed by atoms with van der Waals surface area (Å²) in [6.45, 7) is 2.04. The van der Waals surface area contributed by atoms with E-state index in [1.165, 1.54) is 0 Å². The molecule has 4 atom stereocenters. The normalized spacial score (nSPS) is 26.3. The molecule has 1 saturated carbocycles. The van der Waals surface area contributed by atoms with Crippen molar-refractivity contribution in [3.63, 3.8) is 0 Å². The highest BCUT2D eigenvalue weighted by atomic mass is 19.4. The SMILES string of the molecule is CNC(C1CCCC(C(F)(F)F)C1)C(C)c1ccccn1. The minimum Gasteiger partial charge on any atom is -0.316 e. The summed E-state index contributed by atoms with van der Waals surface area (Å²) >= 11 is 0. The van der Waals surface area contributed by atoms with Crippen molar-refractivity contribution in [2.24, 2.45) is 11.8 Å². The number of hydrogen-bond acceptors (Lipinski definition) is 2. The lowest BCUT2D eigenvalue weighted by Gasteiger charge is -2.37. The van der Waals surface area contributed by atoms with Crippen LogP contribution in [0.4, 0.5) is 13.2 Å². The van der Waals surface area contributed by atoms with E-state index in [4.69, 9.17) is 0 Å². The van der Waals surface area contributed by atoms with E-state index in [-0.39, 0.29) is 30.7 Å². The van der Waals surface area contributed by atoms with Gasteiger partial charge >= 0.3 is 6.18 Å². The van der Waals surface area contributed by atoms with Gasteiger partial charge in [-0.05, 0) is 44.4 Å². The van der Waals surface area contributed by atoms with Crippen molar-refractivity contribution < 1.29 is 13.2 Å². The van der Waals surface area contributed by atoms with Crippen molar-refractivity contribution in [3.8, 4) is 0 Å². The Hall–Kier alpha value is -1.10. The standard InChI is InChI=1S/C16H23F3N2/c1-11(14-8-3-4-9-21-14)15(20-2)12-6-5-7-13(10-12)16(17,18)19/h3-4,8-9,11-13,15,20H,5-7,10H2,1-2H3. The zero-order valence-electron chi connectivity index (χ0n) is 12.5. The molecule has 0 bridgehead atoms. The lowest BCUT2D eigenvalue weighted by Crippen LogP contribution is -2.42. The zero-order valence-corrected chi connectivity index (χ0v) is 12.5. The van der Waals surface area contributed by atoms with Crippen LogP contribution in [-0.4, -0.2) is 24.2 Å². The second-order valence-electron chi connectivity index (χ2n) is 6.02. The third kappa shape index (κ3) is 3.96. The fourth-order valence-corrected chi connectivity index (χ4v) is 3.57. The molecule has 1 aliphatic carbocycles. The number of rotatable bonds is 4. The molecule has 1 heterocycles. The van der Waals surface area contributed by atoms with Crippen molar-refractivity contribution in [1.82, 2.24) is 10.3 Å². The molecule has 0 saturated heterocycles. The zero-order chi connectivity index (χ0) is 15.5. The number of nitrogens with zero attached hydrogens (tertiary/aromatic N) is 1. The third-order valence-corrected chi connectivity index (χ3v) is 4.71. The number of alkyl halides is 3. The number of likely N-dealkylation sites (N-methyl/N-ethyl adjacent to an activating group) is 1. The van der Waals surface area contributed by atoms with Crippen molar-refractivity contribution in [2.75, 3.05) is 7.05 Å². The number of halogens is 3. The Labute approximate surface area is 124 Å². The molecule has 1 aromatic heterocycles. The van der Waals surface area contributed by atoms with E-state index in [9.17, 15) is 13.2 Å². The molecule has 0 radical (unpaired) electrons. The van der Waals surface area contributed by atoms with Crippen molar-refractivity contribution in [1.29, 1.82) is 0 Å². The summed E-state index contributed by atoms with van der Waals surface area (Å²) in [5.41, 5.74) is 0.936. The van der Waals surface area contributed by atoms with Crippen LogP contribution in [0.15, 0.2) is 24.4 Å². The Kier molecular flexibility index (Phi) is 5.25. The second kappa shape index (κ2) is 6.77. The average Bonchev–Trinajstić information content (AvgIpc) is 2.48. The van der Waals surface area contributed by atoms with Crippen LogP contribution in [0.5, 0.6) is 0 Å². The van der Waals surface area contributed by atoms with Gasteiger partial charge in [0.2, 0.25) is 0 Å². The van der Waals surface area contributed by atoms with E-state index in [0.29, 0.717) is 6.42 Å². The molecule has 1 fully saturated rings. The molecule has 118 valence electrons. The number of nitrogens with one attached hydrogen (secondary N) is 1. The van der Waals surface area contributed by atoms with Crippen LogP contribution in [0.1, 0.15) is 44.2 Å². The first-order chi connectivity index (χ1) is 9.93. The van der Waals surface area contributed by atoms with Gasteiger partial charge in [0.25, 0.3) is 0 Å². The molecule has 1 aromatic rings. The maximum atomic E-state index is 13.0. The minimum absolute atomic E-state index is 0.0325. The number of hydrogen-bond donors (Lipinski definition) is 1. The maximum absolute atomic E-state index is 13.0. The molecule has 0 aliphatic heterocycles. The van der Waals surface area contributed by atoms with E-state index in [2.05, 4.69) is 10.3 Å². The predicted octanol–water partition coefficient (Wildman–Crippen LogP) is 4.14. The van der Waals surface area contributed by atoms with Crippen molar-refractivity contribution >= 4 is 0 Å². The Morgan fingerprint density at radius 1 is 1.29 bits per heavy atom. The molecular formula is C16H23F3N2. The molecule has 0 spiro atoms. The molecule has 1 aliphatic rings. The van der Waals surface area contributed by atoms with Gasteiger partial charge in [0.05, 0.1) is 5.92 Å². The second-order valence-corrected chi connectivity index (χ2v) is 6.02. The Balaban J connectivity index is 2.10. The average molecular weight is 300 g/mol. The van der Waals surface area contributed by atoms with E-state index in [0.717, 1.165) is 12.1 Å². The van der Waals surface area contributed by atoms with Gasteiger partial charge in [-0.3, -0.25) is 4.98 Å². The molecule has 0 aromatic carbocycles. The molecule has 2 rings (SSSR count). The fraction of sp³-hybridized carbons (Fsp3) is 0.688. The van der Waals surface area contributed by atoms with Crippen LogP contribution in [0.2, 0.25) is 0 Å². The van der Waals surface area contributed by atoms with Gasteiger partial charge in [0.15, 0.2) is 0 Å². The van der Waals surface area contributed by atoms with Crippen molar-refractivity contribution in [3.05, 3.63) is 30.1 Å². The monoisotopic (exact) mass is 300 g/mol. The first-order valence-electron chi connectivity index (χ1n) is 7.58. The van der Waals surface area contributed by atoms with E-state index >= 15 is 0 Å². The topological polar surface area (TPSA) is 24.9 Å². The lowest BCUT2D eigenvalue weighted by molar-refractivity contribution is -0.186. The van der Waals surface area contributed by atoms with Crippen molar-refractivity contribution in [2.45, 2.75) is 50.7 Å². The van der Waals surface area contributed by atoms with Crippen LogP contribution < -0.4 is 5.32 Å². The smallest absolute Gasteiger partial charge is 0.316 e. The molecule has 0 amide bonds. The third-order valence-electron chi connectivity index (χ3n) is 4.71. The highest BCUT2D eigenvalue weighted by Crippen LogP contribution is 2.42. The number of pyridine rings is 1. The van der Waals surface area contributed by atoms with Gasteiger partial charge in [0, 0.05) is 23.9 Å². The van der Waals surface area contributed by atoms with Gasteiger partial charge in [0.1, 0.15) is 0 Å². The van der Waals surface area contributed by atoms with Gasteiger partial charge in [-0.15, -0.1) is 0 Å². The van der Waals surface area contributed by atoms with Gasteiger partial charge in [-0.1, -0.05) is 19.4 Å². The Bertz CT molecular complexity index is 433. The van der Waals surface area contributed by atoms with Gasteiger partial charge in [-0.25, -0.2) is 0 Å². The van der Waals surface area contributed by atoms with Crippen LogP contribution in [-0.2, 0) is 0 Å². The van der Waals surface area contributed by atoms with Gasteiger partial charge in [-0.2, -0.15) is 13.2 Å². The van der Waals surface area contributed by atoms with Crippen LogP contribution in [0, 0.1) is 11.8 Å². The lowest BCUT2D eigenvalue weighted by atomic mass is 9.74. The quantitative estimate of drug-likeness (QED) is 0.904. The summed E-state index contributed by atoms with van der Waals surface area (Å²) in [5.74, 6) is -0.997. The van der Waals surface area contributed by atoms with Crippen LogP contribution in [0.25, 0.3) is 0 Å². The maximum Gasteiger partial charge on any atom is 0.391 e. The summed E-state index contributed by atoms with van der Waals surface area (Å²) in [5, 5.41) is 3.23. The summed E-state index contributed by atoms with van der Waals surface area (Å²) < 4.78 is 38.9. The molecular weight excluding hydrogens is 277 g/mol. The fourth-order valence-electron chi connectivity index (χ4n) is 3.57. The van der Waals surface area contributed by atoms with Crippen LogP contribution >= 0.6 is 0 Å². The molecule has 4 unspecified atom stereocenters. The minimum atomic E-state index is -4.06. The summed E-state index contributed by atoms with van der Waals surface area (Å²) in [6.07, 6.45) is -0.319. The first-order valence-corrected chi connectivity index (χ1v) is 7.58. The predicted molar refractivity (Wildman–Crippen MR) is 77.0 cm³/mol. The van der Waals surface area contributed by atoms with Gasteiger partial charge < -0.3 is 5.32 Å². The Morgan fingerprint density at radius 3 is 2.62 bits per heavy atom. The first kappa shape index (κ1) is 16.3. The summed E-state index contributed by atoms with van der Waals surface area (Å²) in [7, 11) is 1.83. The summed E-state index contributed by atoms with van der Waals surface area (Å²) in [4.78, 5) is 4.35. The highest BCUT2D eigenvalue weighted by Gasteiger charge is 2.44. The molecule has 21 heavy (non-hydrogen) atoms.